The molecule has 6 rings (SSSR count). The Morgan fingerprint density at radius 2 is 1.49 bits per heavy atom. The molecule has 5 N–H and O–H groups in total. The Bertz CT molecular complexity index is 2120. The molecule has 0 bridgehead atoms. The van der Waals surface area contributed by atoms with Crippen molar-refractivity contribution in [3.63, 3.8) is 0 Å². The molecule has 0 atom stereocenters. The number of alkyl halides is 6. The summed E-state index contributed by atoms with van der Waals surface area (Å²) in [4.78, 5) is 43.7. The van der Waals surface area contributed by atoms with Crippen LogP contribution in [-0.2, 0) is 14.4 Å². The number of ether oxygens (including phenoxy) is 1. The molecule has 3 heterocycles. The number of aromatic amines is 1. The van der Waals surface area contributed by atoms with Gasteiger partial charge in [0.2, 0.25) is 0 Å². The highest BCUT2D eigenvalue weighted by Crippen LogP contribution is 2.29. The monoisotopic (exact) mass is 715 g/mol. The standard InChI is InChI=1S/C28H21N7O2.2C2HF3O2/c36-26(31-21-6-4-12-29-16-21)17-37-22-7-3-5-18(14-22)27-33-25-9-2-1-8-23(25)28(34-27)32-20-10-11-24-19(13-20)15-30-35-24;2*3-2(4,5)1(6)7/h1-16H,17H2,(H,30,35)(H,31,36)(H,32,33,34);2*(H,6,7). The van der Waals surface area contributed by atoms with Gasteiger partial charge in [0.1, 0.15) is 11.6 Å². The number of carbonyl (C=O) groups is 3. The van der Waals surface area contributed by atoms with Crippen molar-refractivity contribution in [3.8, 4) is 17.1 Å². The number of nitrogens with zero attached hydrogens (tertiary/aromatic N) is 4. The Morgan fingerprint density at radius 3 is 2.16 bits per heavy atom. The van der Waals surface area contributed by atoms with Gasteiger partial charge in [-0.05, 0) is 54.6 Å². The van der Waals surface area contributed by atoms with Gasteiger partial charge in [0, 0.05) is 28.2 Å². The molecule has 19 heteroatoms. The largest absolute Gasteiger partial charge is 0.490 e. The molecule has 0 fully saturated rings. The molecule has 0 aliphatic carbocycles. The van der Waals surface area contributed by atoms with Crippen LogP contribution in [0.4, 0.5) is 43.5 Å². The van der Waals surface area contributed by atoms with Gasteiger partial charge in [-0.25, -0.2) is 19.6 Å². The first-order valence-electron chi connectivity index (χ1n) is 14.1. The second-order valence-corrected chi connectivity index (χ2v) is 9.92. The molecule has 51 heavy (non-hydrogen) atoms. The third-order valence-electron chi connectivity index (χ3n) is 6.20. The van der Waals surface area contributed by atoms with Crippen LogP contribution in [0.1, 0.15) is 0 Å². The highest BCUT2D eigenvalue weighted by Gasteiger charge is 2.38. The van der Waals surface area contributed by atoms with E-state index in [1.54, 1.807) is 36.8 Å². The van der Waals surface area contributed by atoms with Crippen molar-refractivity contribution in [2.75, 3.05) is 17.2 Å². The van der Waals surface area contributed by atoms with Crippen molar-refractivity contribution >= 4 is 56.8 Å². The summed E-state index contributed by atoms with van der Waals surface area (Å²) < 4.78 is 69.2. The predicted octanol–water partition coefficient (Wildman–Crippen LogP) is 6.60. The van der Waals surface area contributed by atoms with Gasteiger partial charge in [0.15, 0.2) is 12.4 Å². The van der Waals surface area contributed by atoms with Gasteiger partial charge in [0.05, 0.1) is 29.1 Å². The van der Waals surface area contributed by atoms with E-state index in [-0.39, 0.29) is 12.5 Å². The van der Waals surface area contributed by atoms with Gasteiger partial charge in [-0.1, -0.05) is 24.3 Å². The Hall–Kier alpha value is -6.79. The quantitative estimate of drug-likeness (QED) is 0.112. The molecule has 3 aromatic heterocycles. The van der Waals surface area contributed by atoms with E-state index >= 15 is 0 Å². The molecule has 264 valence electrons. The maximum absolute atomic E-state index is 12.3. The molecule has 0 unspecified atom stereocenters. The van der Waals surface area contributed by atoms with E-state index in [9.17, 15) is 31.1 Å². The molecule has 0 radical (unpaired) electrons. The molecule has 0 aliphatic rings. The Morgan fingerprint density at radius 1 is 0.784 bits per heavy atom. The van der Waals surface area contributed by atoms with E-state index in [2.05, 4.69) is 25.8 Å². The summed E-state index contributed by atoms with van der Waals surface area (Å²) in [6.07, 6.45) is -5.16. The SMILES string of the molecule is O=C(COc1cccc(-c2nc(Nc3ccc4[nH]ncc4c3)c3ccccc3n2)c1)Nc1cccnc1.O=C(O)C(F)(F)F.O=C(O)C(F)(F)F. The van der Waals surface area contributed by atoms with Crippen molar-refractivity contribution < 1.29 is 55.7 Å². The van der Waals surface area contributed by atoms with E-state index < -0.39 is 24.3 Å². The van der Waals surface area contributed by atoms with Crippen molar-refractivity contribution in [1.82, 2.24) is 25.1 Å². The number of carboxylic acids is 2. The third-order valence-corrected chi connectivity index (χ3v) is 6.20. The van der Waals surface area contributed by atoms with Gasteiger partial charge in [-0.3, -0.25) is 14.9 Å². The van der Waals surface area contributed by atoms with Crippen molar-refractivity contribution in [2.24, 2.45) is 0 Å². The zero-order chi connectivity index (χ0) is 37.2. The minimum atomic E-state index is -5.08. The second-order valence-electron chi connectivity index (χ2n) is 9.92. The summed E-state index contributed by atoms with van der Waals surface area (Å²) in [5.41, 5.74) is 4.04. The lowest BCUT2D eigenvalue weighted by Crippen LogP contribution is -2.21. The average molecular weight is 716 g/mol. The number of carboxylic acid groups (broad SMARTS) is 2. The smallest absolute Gasteiger partial charge is 0.484 e. The first-order chi connectivity index (χ1) is 24.1. The number of anilines is 3. The fraction of sp³-hybridized carbons (Fsp3) is 0.0938. The molecule has 0 saturated carbocycles. The molecule has 13 nitrogen and oxygen atoms in total. The molecule has 3 aromatic carbocycles. The number of fused-ring (bicyclic) bond motifs is 2. The number of halogens is 6. The number of para-hydroxylation sites is 1. The zero-order valence-corrected chi connectivity index (χ0v) is 25.5. The molecular formula is C32H23F6N7O6. The Balaban J connectivity index is 0.000000353. The van der Waals surface area contributed by atoms with E-state index in [0.717, 1.165) is 33.1 Å². The van der Waals surface area contributed by atoms with Crippen LogP contribution in [0.2, 0.25) is 0 Å². The summed E-state index contributed by atoms with van der Waals surface area (Å²) >= 11 is 0. The van der Waals surface area contributed by atoms with Crippen LogP contribution in [0.3, 0.4) is 0 Å². The molecule has 1 amide bonds. The lowest BCUT2D eigenvalue weighted by molar-refractivity contribution is -0.193. The summed E-state index contributed by atoms with van der Waals surface area (Å²) in [5.74, 6) is -4.03. The van der Waals surface area contributed by atoms with Gasteiger partial charge in [0.25, 0.3) is 5.91 Å². The van der Waals surface area contributed by atoms with Crippen molar-refractivity contribution in [3.05, 3.63) is 97.5 Å². The number of H-pyrrole nitrogens is 1. The Kier molecular flexibility index (Phi) is 11.7. The van der Waals surface area contributed by atoms with Gasteiger partial charge in [-0.2, -0.15) is 31.4 Å². The number of carbonyl (C=O) groups excluding carboxylic acids is 1. The highest BCUT2D eigenvalue weighted by atomic mass is 19.4. The number of rotatable bonds is 7. The number of hydrogen-bond donors (Lipinski definition) is 5. The minimum absolute atomic E-state index is 0.139. The number of nitrogens with one attached hydrogen (secondary N) is 3. The topological polar surface area (TPSA) is 192 Å². The zero-order valence-electron chi connectivity index (χ0n) is 25.5. The number of hydrogen-bond acceptors (Lipinski definition) is 9. The number of pyridine rings is 1. The van der Waals surface area contributed by atoms with Crippen LogP contribution >= 0.6 is 0 Å². The summed E-state index contributed by atoms with van der Waals surface area (Å²) in [7, 11) is 0. The number of aliphatic carboxylic acids is 2. The van der Waals surface area contributed by atoms with Crippen LogP contribution in [0.5, 0.6) is 5.75 Å². The summed E-state index contributed by atoms with van der Waals surface area (Å²) in [5, 5.41) is 29.4. The fourth-order valence-electron chi connectivity index (χ4n) is 3.97. The lowest BCUT2D eigenvalue weighted by Gasteiger charge is -2.12. The van der Waals surface area contributed by atoms with E-state index in [1.807, 2.05) is 60.7 Å². The second kappa shape index (κ2) is 16.1. The molecule has 6 aromatic rings. The molecule has 0 aliphatic heterocycles. The number of benzene rings is 3. The van der Waals surface area contributed by atoms with Crippen LogP contribution in [0.15, 0.2) is 97.5 Å². The summed E-state index contributed by atoms with van der Waals surface area (Å²) in [6.45, 7) is -0.139. The van der Waals surface area contributed by atoms with Crippen molar-refractivity contribution in [1.29, 1.82) is 0 Å². The summed E-state index contributed by atoms with van der Waals surface area (Å²) in [6, 6.07) is 24.7. The molecular weight excluding hydrogens is 692 g/mol. The van der Waals surface area contributed by atoms with E-state index in [1.165, 1.54) is 0 Å². The lowest BCUT2D eigenvalue weighted by atomic mass is 10.1. The highest BCUT2D eigenvalue weighted by molar-refractivity contribution is 5.93. The number of amides is 1. The average Bonchev–Trinajstić information content (AvgIpc) is 3.56. The van der Waals surface area contributed by atoms with Gasteiger partial charge < -0.3 is 25.6 Å². The van der Waals surface area contributed by atoms with Crippen LogP contribution in [-0.4, -0.2) is 72.2 Å². The van der Waals surface area contributed by atoms with Gasteiger partial charge >= 0.3 is 24.3 Å². The Labute approximate surface area is 282 Å². The molecule has 0 saturated heterocycles. The maximum Gasteiger partial charge on any atom is 0.490 e. The van der Waals surface area contributed by atoms with Crippen LogP contribution in [0.25, 0.3) is 33.2 Å². The fourth-order valence-corrected chi connectivity index (χ4v) is 3.97. The normalized spacial score (nSPS) is 11.0. The van der Waals surface area contributed by atoms with E-state index in [4.69, 9.17) is 34.5 Å². The predicted molar refractivity (Wildman–Crippen MR) is 170 cm³/mol. The van der Waals surface area contributed by atoms with Crippen LogP contribution < -0.4 is 15.4 Å². The number of aromatic nitrogens is 5. The van der Waals surface area contributed by atoms with E-state index in [0.29, 0.717) is 23.1 Å². The third kappa shape index (κ3) is 10.9. The van der Waals surface area contributed by atoms with Crippen LogP contribution in [0, 0.1) is 0 Å². The minimum Gasteiger partial charge on any atom is -0.484 e. The van der Waals surface area contributed by atoms with Crippen molar-refractivity contribution in [2.45, 2.75) is 12.4 Å². The molecule has 0 spiro atoms. The van der Waals surface area contributed by atoms with Gasteiger partial charge in [-0.15, -0.1) is 0 Å². The first kappa shape index (κ1) is 37.0. The maximum atomic E-state index is 12.3. The first-order valence-corrected chi connectivity index (χ1v) is 14.1.